The van der Waals surface area contributed by atoms with E-state index in [0.717, 1.165) is 6.42 Å². The molecule has 1 fully saturated rings. The molecule has 3 nitrogen and oxygen atoms in total. The maximum atomic E-state index is 12.2. The number of amides is 1. The van der Waals surface area contributed by atoms with E-state index in [1.165, 1.54) is 22.6 Å². The molecule has 1 aromatic heterocycles. The fourth-order valence-corrected chi connectivity index (χ4v) is 3.11. The van der Waals surface area contributed by atoms with E-state index in [1.807, 2.05) is 7.05 Å². The minimum Gasteiger partial charge on any atom is -0.337 e. The van der Waals surface area contributed by atoms with E-state index in [4.69, 9.17) is 5.73 Å². The standard InChI is InChI=1S/C14H22N2OS/c1-9-4-7-13(18-9)10(2)16(3)14(17)12(15)8-11-5-6-11/h4,7,10-12H,5-6,8,15H2,1-3H3. The van der Waals surface area contributed by atoms with Gasteiger partial charge in [0, 0.05) is 16.8 Å². The molecule has 1 aromatic rings. The molecule has 1 amide bonds. The highest BCUT2D eigenvalue weighted by molar-refractivity contribution is 7.12. The zero-order chi connectivity index (χ0) is 13.3. The quantitative estimate of drug-likeness (QED) is 0.890. The van der Waals surface area contributed by atoms with Gasteiger partial charge in [0.15, 0.2) is 0 Å². The van der Waals surface area contributed by atoms with Gasteiger partial charge in [-0.15, -0.1) is 11.3 Å². The number of hydrogen-bond acceptors (Lipinski definition) is 3. The molecule has 18 heavy (non-hydrogen) atoms. The fraction of sp³-hybridized carbons (Fsp3) is 0.643. The van der Waals surface area contributed by atoms with Gasteiger partial charge in [0.2, 0.25) is 5.91 Å². The molecule has 0 spiro atoms. The van der Waals surface area contributed by atoms with Crippen molar-refractivity contribution in [3.05, 3.63) is 21.9 Å². The minimum atomic E-state index is -0.328. The predicted octanol–water partition coefficient (Wildman–Crippen LogP) is 2.70. The van der Waals surface area contributed by atoms with Crippen LogP contribution in [0.5, 0.6) is 0 Å². The minimum absolute atomic E-state index is 0.0699. The lowest BCUT2D eigenvalue weighted by Gasteiger charge is -2.27. The number of nitrogens with two attached hydrogens (primary N) is 1. The summed E-state index contributed by atoms with van der Waals surface area (Å²) >= 11 is 1.74. The van der Waals surface area contributed by atoms with E-state index < -0.39 is 0 Å². The SMILES string of the molecule is Cc1ccc(C(C)N(C)C(=O)C(N)CC2CC2)s1. The van der Waals surface area contributed by atoms with Gasteiger partial charge in [-0.25, -0.2) is 0 Å². The molecule has 2 unspecified atom stereocenters. The Balaban J connectivity index is 1.96. The first-order chi connectivity index (χ1) is 8.49. The van der Waals surface area contributed by atoms with Crippen molar-refractivity contribution in [3.8, 4) is 0 Å². The van der Waals surface area contributed by atoms with Gasteiger partial charge in [0.1, 0.15) is 0 Å². The first kappa shape index (κ1) is 13.6. The van der Waals surface area contributed by atoms with Crippen LogP contribution < -0.4 is 5.73 Å². The van der Waals surface area contributed by atoms with E-state index in [2.05, 4.69) is 26.0 Å². The maximum absolute atomic E-state index is 12.2. The second kappa shape index (κ2) is 5.41. The summed E-state index contributed by atoms with van der Waals surface area (Å²) in [6, 6.07) is 3.98. The number of carbonyl (C=O) groups excluding carboxylic acids is 1. The highest BCUT2D eigenvalue weighted by Gasteiger charge is 2.30. The zero-order valence-electron chi connectivity index (χ0n) is 11.3. The summed E-state index contributed by atoms with van der Waals surface area (Å²) in [4.78, 5) is 16.5. The highest BCUT2D eigenvalue weighted by Crippen LogP contribution is 2.34. The normalized spacial score (nSPS) is 18.4. The summed E-state index contributed by atoms with van der Waals surface area (Å²) < 4.78 is 0. The third kappa shape index (κ3) is 3.12. The number of carbonyl (C=O) groups is 1. The lowest BCUT2D eigenvalue weighted by atomic mass is 10.1. The molecule has 0 saturated heterocycles. The van der Waals surface area contributed by atoms with Gasteiger partial charge >= 0.3 is 0 Å². The van der Waals surface area contributed by atoms with Crippen molar-refractivity contribution in [2.45, 2.75) is 45.2 Å². The molecule has 2 N–H and O–H groups in total. The number of thiophene rings is 1. The highest BCUT2D eigenvalue weighted by atomic mass is 32.1. The van der Waals surface area contributed by atoms with Gasteiger partial charge in [0.25, 0.3) is 0 Å². The van der Waals surface area contributed by atoms with Crippen molar-refractivity contribution in [2.75, 3.05) is 7.05 Å². The van der Waals surface area contributed by atoms with Crippen LogP contribution in [0.1, 0.15) is 42.0 Å². The Bertz CT molecular complexity index is 425. The van der Waals surface area contributed by atoms with Crippen LogP contribution in [0.25, 0.3) is 0 Å². The van der Waals surface area contributed by atoms with E-state index >= 15 is 0 Å². The molecule has 0 aromatic carbocycles. The lowest BCUT2D eigenvalue weighted by molar-refractivity contribution is -0.133. The van der Waals surface area contributed by atoms with Crippen molar-refractivity contribution in [1.29, 1.82) is 0 Å². The van der Waals surface area contributed by atoms with Crippen molar-refractivity contribution in [1.82, 2.24) is 4.90 Å². The first-order valence-corrected chi connectivity index (χ1v) is 7.39. The summed E-state index contributed by atoms with van der Waals surface area (Å²) in [5.41, 5.74) is 5.99. The van der Waals surface area contributed by atoms with Gasteiger partial charge in [-0.1, -0.05) is 12.8 Å². The number of rotatable bonds is 5. The Hall–Kier alpha value is -0.870. The van der Waals surface area contributed by atoms with E-state index in [0.29, 0.717) is 5.92 Å². The topological polar surface area (TPSA) is 46.3 Å². The Morgan fingerprint density at radius 3 is 2.72 bits per heavy atom. The third-order valence-corrected chi connectivity index (χ3v) is 4.87. The Labute approximate surface area is 113 Å². The summed E-state index contributed by atoms with van der Waals surface area (Å²) in [5, 5.41) is 0. The number of nitrogens with zero attached hydrogens (tertiary/aromatic N) is 1. The number of likely N-dealkylation sites (N-methyl/N-ethyl adjacent to an activating group) is 1. The summed E-state index contributed by atoms with van der Waals surface area (Å²) in [5.74, 6) is 0.761. The average molecular weight is 266 g/mol. The van der Waals surface area contributed by atoms with Gasteiger partial charge in [-0.2, -0.15) is 0 Å². The summed E-state index contributed by atoms with van der Waals surface area (Å²) in [7, 11) is 1.86. The summed E-state index contributed by atoms with van der Waals surface area (Å²) in [6.07, 6.45) is 3.33. The van der Waals surface area contributed by atoms with Crippen molar-refractivity contribution >= 4 is 17.2 Å². The van der Waals surface area contributed by atoms with Crippen LogP contribution in [0.3, 0.4) is 0 Å². The Kier molecular flexibility index (Phi) is 4.07. The van der Waals surface area contributed by atoms with Crippen molar-refractivity contribution in [3.63, 3.8) is 0 Å². The van der Waals surface area contributed by atoms with Crippen molar-refractivity contribution < 1.29 is 4.79 Å². The average Bonchev–Trinajstić information content (AvgIpc) is 3.05. The molecule has 4 heteroatoms. The third-order valence-electron chi connectivity index (χ3n) is 3.70. The molecule has 0 aliphatic heterocycles. The van der Waals surface area contributed by atoms with Gasteiger partial charge in [-0.05, 0) is 38.3 Å². The molecule has 1 heterocycles. The molecule has 1 saturated carbocycles. The molecule has 0 radical (unpaired) electrons. The summed E-state index contributed by atoms with van der Waals surface area (Å²) in [6.45, 7) is 4.15. The second-order valence-electron chi connectivity index (χ2n) is 5.36. The van der Waals surface area contributed by atoms with Crippen LogP contribution in [0.15, 0.2) is 12.1 Å². The molecule has 1 aliphatic carbocycles. The molecular weight excluding hydrogens is 244 g/mol. The van der Waals surface area contributed by atoms with Crippen molar-refractivity contribution in [2.24, 2.45) is 11.7 Å². The zero-order valence-corrected chi connectivity index (χ0v) is 12.2. The van der Waals surface area contributed by atoms with E-state index in [1.54, 1.807) is 16.2 Å². The smallest absolute Gasteiger partial charge is 0.239 e. The van der Waals surface area contributed by atoms with Crippen LogP contribution in [0, 0.1) is 12.8 Å². The predicted molar refractivity (Wildman–Crippen MR) is 75.6 cm³/mol. The Morgan fingerprint density at radius 1 is 1.56 bits per heavy atom. The molecule has 1 aliphatic rings. The molecule has 100 valence electrons. The van der Waals surface area contributed by atoms with E-state index in [-0.39, 0.29) is 18.0 Å². The van der Waals surface area contributed by atoms with Crippen LogP contribution in [-0.2, 0) is 4.79 Å². The van der Waals surface area contributed by atoms with Crippen LogP contribution >= 0.6 is 11.3 Å². The molecular formula is C14H22N2OS. The van der Waals surface area contributed by atoms with E-state index in [9.17, 15) is 4.79 Å². The molecule has 2 rings (SSSR count). The van der Waals surface area contributed by atoms with Gasteiger partial charge in [-0.3, -0.25) is 4.79 Å². The first-order valence-electron chi connectivity index (χ1n) is 6.57. The van der Waals surface area contributed by atoms with Crippen LogP contribution in [0.2, 0.25) is 0 Å². The molecule has 2 atom stereocenters. The Morgan fingerprint density at radius 2 is 2.22 bits per heavy atom. The van der Waals surface area contributed by atoms with Crippen LogP contribution in [-0.4, -0.2) is 23.9 Å². The number of aryl methyl sites for hydroxylation is 1. The largest absolute Gasteiger partial charge is 0.337 e. The fourth-order valence-electron chi connectivity index (χ4n) is 2.13. The lowest BCUT2D eigenvalue weighted by Crippen LogP contribution is -2.42. The second-order valence-corrected chi connectivity index (χ2v) is 6.68. The maximum Gasteiger partial charge on any atom is 0.239 e. The monoisotopic (exact) mass is 266 g/mol. The van der Waals surface area contributed by atoms with Gasteiger partial charge in [0.05, 0.1) is 12.1 Å². The van der Waals surface area contributed by atoms with Crippen LogP contribution in [0.4, 0.5) is 0 Å². The number of hydrogen-bond donors (Lipinski definition) is 1. The molecule has 0 bridgehead atoms. The van der Waals surface area contributed by atoms with Gasteiger partial charge < -0.3 is 10.6 Å².